The van der Waals surface area contributed by atoms with E-state index in [4.69, 9.17) is 14.2 Å². The van der Waals surface area contributed by atoms with Crippen molar-refractivity contribution in [2.45, 2.75) is 6.92 Å². The molecule has 2 heterocycles. The van der Waals surface area contributed by atoms with Gasteiger partial charge in [-0.05, 0) is 35.0 Å². The van der Waals surface area contributed by atoms with Crippen LogP contribution in [0.1, 0.15) is 6.92 Å². The molecule has 20 heavy (non-hydrogen) atoms. The number of rotatable bonds is 4. The summed E-state index contributed by atoms with van der Waals surface area (Å²) in [5, 5.41) is 3.03. The van der Waals surface area contributed by atoms with E-state index in [1.807, 2.05) is 6.92 Å². The largest absolute Gasteiger partial charge is 0.454 e. The lowest BCUT2D eigenvalue weighted by Crippen LogP contribution is -2.03. The Morgan fingerprint density at radius 1 is 1.35 bits per heavy atom. The highest BCUT2D eigenvalue weighted by Gasteiger charge is 2.15. The molecule has 0 saturated heterocycles. The SMILES string of the molecule is CCNc1ncc(Br)c(Oc2ccc3c(c2)OCO3)n1. The van der Waals surface area contributed by atoms with Crippen LogP contribution >= 0.6 is 15.9 Å². The van der Waals surface area contributed by atoms with E-state index in [1.165, 1.54) is 0 Å². The summed E-state index contributed by atoms with van der Waals surface area (Å²) in [5.41, 5.74) is 0. The van der Waals surface area contributed by atoms with Crippen LogP contribution in [-0.4, -0.2) is 23.3 Å². The number of anilines is 1. The minimum absolute atomic E-state index is 0.237. The van der Waals surface area contributed by atoms with Gasteiger partial charge in [-0.25, -0.2) is 4.98 Å². The van der Waals surface area contributed by atoms with Gasteiger partial charge in [0.15, 0.2) is 11.5 Å². The number of nitrogens with zero attached hydrogens (tertiary/aromatic N) is 2. The number of halogens is 1. The molecule has 104 valence electrons. The number of aromatic nitrogens is 2. The number of benzene rings is 1. The smallest absolute Gasteiger partial charge is 0.238 e. The fourth-order valence-electron chi connectivity index (χ4n) is 1.72. The van der Waals surface area contributed by atoms with Crippen molar-refractivity contribution >= 4 is 21.9 Å². The van der Waals surface area contributed by atoms with Crippen LogP contribution in [0, 0.1) is 0 Å². The first kappa shape index (κ1) is 13.0. The Bertz CT molecular complexity index is 636. The van der Waals surface area contributed by atoms with Gasteiger partial charge >= 0.3 is 0 Å². The van der Waals surface area contributed by atoms with Gasteiger partial charge in [-0.1, -0.05) is 0 Å². The summed E-state index contributed by atoms with van der Waals surface area (Å²) < 4.78 is 17.0. The summed E-state index contributed by atoms with van der Waals surface area (Å²) in [6.07, 6.45) is 1.65. The highest BCUT2D eigenvalue weighted by Crippen LogP contribution is 2.37. The molecule has 0 fully saturated rings. The maximum Gasteiger partial charge on any atom is 0.238 e. The van der Waals surface area contributed by atoms with Gasteiger partial charge in [0.25, 0.3) is 0 Å². The molecule has 0 bridgehead atoms. The molecule has 2 aromatic rings. The van der Waals surface area contributed by atoms with Gasteiger partial charge in [-0.2, -0.15) is 4.98 Å². The maximum absolute atomic E-state index is 5.75. The van der Waals surface area contributed by atoms with E-state index in [-0.39, 0.29) is 6.79 Å². The van der Waals surface area contributed by atoms with Gasteiger partial charge in [0.05, 0.1) is 10.7 Å². The first-order valence-electron chi connectivity index (χ1n) is 6.10. The van der Waals surface area contributed by atoms with Crippen LogP contribution in [0.2, 0.25) is 0 Å². The predicted molar refractivity (Wildman–Crippen MR) is 76.5 cm³/mol. The summed E-state index contributed by atoms with van der Waals surface area (Å²) in [6.45, 7) is 2.95. The first-order chi connectivity index (χ1) is 9.76. The lowest BCUT2D eigenvalue weighted by atomic mass is 10.3. The Morgan fingerprint density at radius 3 is 3.05 bits per heavy atom. The monoisotopic (exact) mass is 337 g/mol. The fourth-order valence-corrected chi connectivity index (χ4v) is 1.99. The molecule has 0 amide bonds. The van der Waals surface area contributed by atoms with Gasteiger partial charge in [-0.15, -0.1) is 0 Å². The van der Waals surface area contributed by atoms with Crippen molar-refractivity contribution in [2.75, 3.05) is 18.7 Å². The molecule has 0 unspecified atom stereocenters. The maximum atomic E-state index is 5.75. The van der Waals surface area contributed by atoms with E-state index < -0.39 is 0 Å². The lowest BCUT2D eigenvalue weighted by molar-refractivity contribution is 0.174. The Labute approximate surface area is 124 Å². The first-order valence-corrected chi connectivity index (χ1v) is 6.89. The Kier molecular flexibility index (Phi) is 3.60. The average Bonchev–Trinajstić information content (AvgIpc) is 2.90. The van der Waals surface area contributed by atoms with Crippen LogP contribution in [0.5, 0.6) is 23.1 Å². The third-order valence-corrected chi connectivity index (χ3v) is 3.15. The highest BCUT2D eigenvalue weighted by atomic mass is 79.9. The molecule has 1 N–H and O–H groups in total. The van der Waals surface area contributed by atoms with Crippen molar-refractivity contribution in [1.29, 1.82) is 0 Å². The molecule has 6 nitrogen and oxygen atoms in total. The summed E-state index contributed by atoms with van der Waals surface area (Å²) >= 11 is 3.37. The van der Waals surface area contributed by atoms with E-state index in [0.29, 0.717) is 33.5 Å². The number of ether oxygens (including phenoxy) is 3. The summed E-state index contributed by atoms with van der Waals surface area (Å²) in [4.78, 5) is 8.42. The summed E-state index contributed by atoms with van der Waals surface area (Å²) in [7, 11) is 0. The second kappa shape index (κ2) is 5.54. The van der Waals surface area contributed by atoms with E-state index in [9.17, 15) is 0 Å². The Morgan fingerprint density at radius 2 is 2.20 bits per heavy atom. The normalized spacial score (nSPS) is 12.3. The summed E-state index contributed by atoms with van der Waals surface area (Å²) in [6, 6.07) is 5.37. The second-order valence-electron chi connectivity index (χ2n) is 3.99. The van der Waals surface area contributed by atoms with Crippen molar-refractivity contribution in [3.05, 3.63) is 28.9 Å². The van der Waals surface area contributed by atoms with Crippen LogP contribution < -0.4 is 19.5 Å². The van der Waals surface area contributed by atoms with Crippen molar-refractivity contribution in [2.24, 2.45) is 0 Å². The van der Waals surface area contributed by atoms with Crippen LogP contribution in [-0.2, 0) is 0 Å². The van der Waals surface area contributed by atoms with Gasteiger partial charge in [-0.3, -0.25) is 0 Å². The minimum atomic E-state index is 0.237. The third kappa shape index (κ3) is 2.62. The molecule has 1 aromatic carbocycles. The molecule has 1 aromatic heterocycles. The van der Waals surface area contributed by atoms with Crippen LogP contribution in [0.15, 0.2) is 28.9 Å². The van der Waals surface area contributed by atoms with E-state index in [0.717, 1.165) is 6.54 Å². The summed E-state index contributed by atoms with van der Waals surface area (Å²) in [5.74, 6) is 2.96. The zero-order valence-corrected chi connectivity index (χ0v) is 12.3. The van der Waals surface area contributed by atoms with E-state index >= 15 is 0 Å². The lowest BCUT2D eigenvalue weighted by Gasteiger charge is -2.09. The van der Waals surface area contributed by atoms with E-state index in [1.54, 1.807) is 24.4 Å². The van der Waals surface area contributed by atoms with Crippen LogP contribution in [0.3, 0.4) is 0 Å². The van der Waals surface area contributed by atoms with Crippen molar-refractivity contribution < 1.29 is 14.2 Å². The van der Waals surface area contributed by atoms with Crippen molar-refractivity contribution in [1.82, 2.24) is 9.97 Å². The third-order valence-electron chi connectivity index (χ3n) is 2.61. The quantitative estimate of drug-likeness (QED) is 0.924. The number of hydrogen-bond acceptors (Lipinski definition) is 6. The molecule has 0 radical (unpaired) electrons. The molecule has 1 aliphatic heterocycles. The molecule has 0 saturated carbocycles. The second-order valence-corrected chi connectivity index (χ2v) is 4.85. The molecule has 7 heteroatoms. The molecular weight excluding hydrogens is 326 g/mol. The Hall–Kier alpha value is -2.02. The molecule has 3 rings (SSSR count). The van der Waals surface area contributed by atoms with Crippen molar-refractivity contribution in [3.8, 4) is 23.1 Å². The van der Waals surface area contributed by atoms with Crippen LogP contribution in [0.4, 0.5) is 5.95 Å². The number of nitrogens with one attached hydrogen (secondary N) is 1. The van der Waals surface area contributed by atoms with Gasteiger partial charge in [0, 0.05) is 12.6 Å². The zero-order chi connectivity index (χ0) is 13.9. The number of fused-ring (bicyclic) bond motifs is 1. The average molecular weight is 338 g/mol. The van der Waals surface area contributed by atoms with Crippen molar-refractivity contribution in [3.63, 3.8) is 0 Å². The topological polar surface area (TPSA) is 65.5 Å². The van der Waals surface area contributed by atoms with E-state index in [2.05, 4.69) is 31.2 Å². The van der Waals surface area contributed by atoms with Gasteiger partial charge in [0.1, 0.15) is 5.75 Å². The standard InChI is InChI=1S/C13H12BrN3O3/c1-2-15-13-16-6-9(14)12(17-13)20-8-3-4-10-11(5-8)19-7-18-10/h3-6H,2,7H2,1H3,(H,15,16,17). The molecule has 0 spiro atoms. The predicted octanol–water partition coefficient (Wildman–Crippen LogP) is 3.19. The number of hydrogen-bond donors (Lipinski definition) is 1. The molecule has 1 aliphatic rings. The molecule has 0 aliphatic carbocycles. The van der Waals surface area contributed by atoms with Gasteiger partial charge in [0.2, 0.25) is 18.6 Å². The van der Waals surface area contributed by atoms with Gasteiger partial charge < -0.3 is 19.5 Å². The van der Waals surface area contributed by atoms with Crippen LogP contribution in [0.25, 0.3) is 0 Å². The minimum Gasteiger partial charge on any atom is -0.454 e. The zero-order valence-electron chi connectivity index (χ0n) is 10.7. The molecular formula is C13H12BrN3O3. The fraction of sp³-hybridized carbons (Fsp3) is 0.231. The Balaban J connectivity index is 1.85. The molecule has 0 atom stereocenters. The highest BCUT2D eigenvalue weighted by molar-refractivity contribution is 9.10.